The van der Waals surface area contributed by atoms with Crippen molar-refractivity contribution >= 4 is 17.9 Å². The molecule has 1 aliphatic rings. The Labute approximate surface area is 123 Å². The van der Waals surface area contributed by atoms with Gasteiger partial charge in [-0.3, -0.25) is 9.59 Å². The molecule has 21 heavy (non-hydrogen) atoms. The quantitative estimate of drug-likeness (QED) is 0.481. The van der Waals surface area contributed by atoms with Gasteiger partial charge in [-0.25, -0.2) is 4.79 Å². The average Bonchev–Trinajstić information content (AvgIpc) is 2.46. The number of hydrogen-bond acceptors (Lipinski definition) is 4. The second kappa shape index (κ2) is 9.17. The standard InChI is InChI=1S/C13H23N3O5/c1-21-7-6-14-11(17)8-15-13(20)16-10-4-2-9(3-5-10)12(18)19/h9-10H,2-8H2,1H3,(H,14,17)(H,18,19)(H2,15,16,20). The molecule has 1 fully saturated rings. The van der Waals surface area contributed by atoms with Gasteiger partial charge in [0, 0.05) is 19.7 Å². The molecule has 3 amide bonds. The highest BCUT2D eigenvalue weighted by molar-refractivity contribution is 5.83. The molecule has 120 valence electrons. The lowest BCUT2D eigenvalue weighted by Gasteiger charge is -2.26. The fraction of sp³-hybridized carbons (Fsp3) is 0.769. The van der Waals surface area contributed by atoms with E-state index in [9.17, 15) is 14.4 Å². The normalized spacial score (nSPS) is 21.4. The van der Waals surface area contributed by atoms with Crippen molar-refractivity contribution in [2.45, 2.75) is 31.7 Å². The topological polar surface area (TPSA) is 117 Å². The minimum Gasteiger partial charge on any atom is -0.481 e. The van der Waals surface area contributed by atoms with Gasteiger partial charge in [-0.05, 0) is 25.7 Å². The van der Waals surface area contributed by atoms with Crippen LogP contribution in [-0.4, -0.2) is 55.9 Å². The van der Waals surface area contributed by atoms with E-state index in [1.54, 1.807) is 0 Å². The number of rotatable bonds is 7. The predicted octanol–water partition coefficient (Wildman–Crippen LogP) is -0.308. The molecule has 0 unspecified atom stereocenters. The molecule has 0 atom stereocenters. The van der Waals surface area contributed by atoms with Crippen molar-refractivity contribution in [1.82, 2.24) is 16.0 Å². The van der Waals surface area contributed by atoms with Gasteiger partial charge < -0.3 is 25.8 Å². The Hall–Kier alpha value is -1.83. The second-order valence-corrected chi connectivity index (χ2v) is 5.06. The number of carbonyl (C=O) groups is 3. The summed E-state index contributed by atoms with van der Waals surface area (Å²) in [7, 11) is 1.54. The molecule has 8 nitrogen and oxygen atoms in total. The highest BCUT2D eigenvalue weighted by atomic mass is 16.5. The van der Waals surface area contributed by atoms with Crippen LogP contribution < -0.4 is 16.0 Å². The van der Waals surface area contributed by atoms with Crippen molar-refractivity contribution in [2.75, 3.05) is 26.8 Å². The lowest BCUT2D eigenvalue weighted by molar-refractivity contribution is -0.142. The van der Waals surface area contributed by atoms with Crippen LogP contribution in [0, 0.1) is 5.92 Å². The van der Waals surface area contributed by atoms with E-state index in [4.69, 9.17) is 9.84 Å². The number of carboxylic acid groups (broad SMARTS) is 1. The number of urea groups is 1. The number of hydrogen-bond donors (Lipinski definition) is 4. The Morgan fingerprint density at radius 2 is 1.81 bits per heavy atom. The third-order valence-electron chi connectivity index (χ3n) is 3.45. The van der Waals surface area contributed by atoms with Crippen LogP contribution in [-0.2, 0) is 14.3 Å². The summed E-state index contributed by atoms with van der Waals surface area (Å²) in [5.74, 6) is -1.36. The zero-order valence-corrected chi connectivity index (χ0v) is 12.2. The van der Waals surface area contributed by atoms with E-state index in [1.807, 2.05) is 0 Å². The van der Waals surface area contributed by atoms with E-state index in [0.717, 1.165) is 0 Å². The van der Waals surface area contributed by atoms with E-state index in [1.165, 1.54) is 7.11 Å². The molecule has 0 heterocycles. The summed E-state index contributed by atoms with van der Waals surface area (Å²) >= 11 is 0. The molecule has 0 bridgehead atoms. The Morgan fingerprint density at radius 1 is 1.14 bits per heavy atom. The monoisotopic (exact) mass is 301 g/mol. The van der Waals surface area contributed by atoms with Gasteiger partial charge in [0.2, 0.25) is 5.91 Å². The summed E-state index contributed by atoms with van der Waals surface area (Å²) in [6.45, 7) is 0.725. The number of methoxy groups -OCH3 is 1. The van der Waals surface area contributed by atoms with Gasteiger partial charge in [0.15, 0.2) is 0 Å². The molecule has 0 radical (unpaired) electrons. The molecule has 0 aromatic carbocycles. The lowest BCUT2D eigenvalue weighted by atomic mass is 9.86. The van der Waals surface area contributed by atoms with Crippen molar-refractivity contribution < 1.29 is 24.2 Å². The zero-order chi connectivity index (χ0) is 15.7. The molecule has 0 aliphatic heterocycles. The van der Waals surface area contributed by atoms with E-state index in [0.29, 0.717) is 38.8 Å². The van der Waals surface area contributed by atoms with Crippen molar-refractivity contribution in [2.24, 2.45) is 5.92 Å². The third-order valence-corrected chi connectivity index (χ3v) is 3.45. The van der Waals surface area contributed by atoms with E-state index in [-0.39, 0.29) is 24.4 Å². The van der Waals surface area contributed by atoms with Crippen LogP contribution in [0.4, 0.5) is 4.79 Å². The lowest BCUT2D eigenvalue weighted by Crippen LogP contribution is -2.47. The maximum atomic E-state index is 11.6. The van der Waals surface area contributed by atoms with Crippen molar-refractivity contribution in [3.05, 3.63) is 0 Å². The highest BCUT2D eigenvalue weighted by Crippen LogP contribution is 2.24. The third kappa shape index (κ3) is 6.94. The van der Waals surface area contributed by atoms with Gasteiger partial charge in [0.25, 0.3) is 0 Å². The summed E-state index contributed by atoms with van der Waals surface area (Å²) in [6, 6.07) is -0.437. The van der Waals surface area contributed by atoms with Crippen molar-refractivity contribution in [1.29, 1.82) is 0 Å². The molecular formula is C13H23N3O5. The fourth-order valence-electron chi connectivity index (χ4n) is 2.24. The van der Waals surface area contributed by atoms with Crippen LogP contribution in [0.3, 0.4) is 0 Å². The maximum absolute atomic E-state index is 11.6. The summed E-state index contributed by atoms with van der Waals surface area (Å²) < 4.78 is 4.79. The van der Waals surface area contributed by atoms with E-state index >= 15 is 0 Å². The van der Waals surface area contributed by atoms with Crippen LogP contribution >= 0.6 is 0 Å². The first-order valence-electron chi connectivity index (χ1n) is 7.05. The predicted molar refractivity (Wildman–Crippen MR) is 74.8 cm³/mol. The summed E-state index contributed by atoms with van der Waals surface area (Å²) in [5.41, 5.74) is 0. The Bertz CT molecular complexity index is 367. The largest absolute Gasteiger partial charge is 0.481 e. The van der Waals surface area contributed by atoms with E-state index < -0.39 is 12.0 Å². The van der Waals surface area contributed by atoms with Crippen LogP contribution in [0.5, 0.6) is 0 Å². The number of amides is 3. The molecule has 0 aromatic heterocycles. The molecular weight excluding hydrogens is 278 g/mol. The van der Waals surface area contributed by atoms with Crippen LogP contribution in [0.2, 0.25) is 0 Å². The first-order valence-corrected chi connectivity index (χ1v) is 7.05. The van der Waals surface area contributed by atoms with Gasteiger partial charge >= 0.3 is 12.0 Å². The molecule has 0 saturated heterocycles. The average molecular weight is 301 g/mol. The first-order chi connectivity index (χ1) is 10.0. The van der Waals surface area contributed by atoms with Crippen LogP contribution in [0.15, 0.2) is 0 Å². The number of aliphatic carboxylic acids is 1. The van der Waals surface area contributed by atoms with Gasteiger partial charge in [-0.15, -0.1) is 0 Å². The first kappa shape index (κ1) is 17.2. The smallest absolute Gasteiger partial charge is 0.315 e. The van der Waals surface area contributed by atoms with Gasteiger partial charge in [-0.2, -0.15) is 0 Å². The highest BCUT2D eigenvalue weighted by Gasteiger charge is 2.26. The summed E-state index contributed by atoms with van der Waals surface area (Å²) in [4.78, 5) is 33.8. The minimum absolute atomic E-state index is 0.0304. The Morgan fingerprint density at radius 3 is 2.38 bits per heavy atom. The zero-order valence-electron chi connectivity index (χ0n) is 12.2. The fourth-order valence-corrected chi connectivity index (χ4v) is 2.24. The maximum Gasteiger partial charge on any atom is 0.315 e. The molecule has 1 aliphatic carbocycles. The van der Waals surface area contributed by atoms with Crippen LogP contribution in [0.25, 0.3) is 0 Å². The molecule has 0 aromatic rings. The Balaban J connectivity index is 2.14. The molecule has 0 spiro atoms. The number of ether oxygens (including phenoxy) is 1. The van der Waals surface area contributed by atoms with Gasteiger partial charge in [0.1, 0.15) is 0 Å². The summed E-state index contributed by atoms with van der Waals surface area (Å²) in [6.07, 6.45) is 2.42. The second-order valence-electron chi connectivity index (χ2n) is 5.06. The Kier molecular flexibility index (Phi) is 7.52. The SMILES string of the molecule is COCCNC(=O)CNC(=O)NC1CCC(C(=O)O)CC1. The van der Waals surface area contributed by atoms with Crippen molar-refractivity contribution in [3.63, 3.8) is 0 Å². The number of carbonyl (C=O) groups excluding carboxylic acids is 2. The van der Waals surface area contributed by atoms with Crippen LogP contribution in [0.1, 0.15) is 25.7 Å². The minimum atomic E-state index is -0.773. The molecule has 8 heteroatoms. The molecule has 1 rings (SSSR count). The van der Waals surface area contributed by atoms with E-state index in [2.05, 4.69) is 16.0 Å². The number of nitrogens with one attached hydrogen (secondary N) is 3. The molecule has 4 N–H and O–H groups in total. The van der Waals surface area contributed by atoms with Crippen molar-refractivity contribution in [3.8, 4) is 0 Å². The van der Waals surface area contributed by atoms with Gasteiger partial charge in [0.05, 0.1) is 19.1 Å². The summed E-state index contributed by atoms with van der Waals surface area (Å²) in [5, 5.41) is 16.7. The van der Waals surface area contributed by atoms with Gasteiger partial charge in [-0.1, -0.05) is 0 Å². The number of carboxylic acids is 1. The molecule has 1 saturated carbocycles.